The van der Waals surface area contributed by atoms with Gasteiger partial charge in [-0.25, -0.2) is 0 Å². The minimum atomic E-state index is 0.201. The molecule has 1 unspecified atom stereocenters. The van der Waals surface area contributed by atoms with Crippen molar-refractivity contribution in [3.8, 4) is 0 Å². The van der Waals surface area contributed by atoms with E-state index in [0.29, 0.717) is 0 Å². The van der Waals surface area contributed by atoms with Gasteiger partial charge in [0.15, 0.2) is 0 Å². The van der Waals surface area contributed by atoms with E-state index in [1.807, 2.05) is 11.3 Å². The summed E-state index contributed by atoms with van der Waals surface area (Å²) in [7, 11) is 0. The molecule has 20 heavy (non-hydrogen) atoms. The van der Waals surface area contributed by atoms with Gasteiger partial charge in [0.1, 0.15) is 0 Å². The standard InChI is InChI=1S/C17H30N2S/c1-5-6-14-9-10-19(12-14)13-16-8-7-15(20-16)11-18-17(2,3)4/h7-8,14,18H,5-6,9-13H2,1-4H3. The molecule has 1 N–H and O–H groups in total. The second-order valence-electron chi connectivity index (χ2n) is 7.15. The molecular formula is C17H30N2S. The van der Waals surface area contributed by atoms with Gasteiger partial charge in [0.05, 0.1) is 0 Å². The minimum absolute atomic E-state index is 0.201. The second kappa shape index (κ2) is 7.06. The Labute approximate surface area is 128 Å². The zero-order valence-corrected chi connectivity index (χ0v) is 14.4. The van der Waals surface area contributed by atoms with Crippen molar-refractivity contribution in [2.24, 2.45) is 5.92 Å². The molecule has 0 bridgehead atoms. The van der Waals surface area contributed by atoms with E-state index in [0.717, 1.165) is 19.0 Å². The van der Waals surface area contributed by atoms with Gasteiger partial charge in [-0.1, -0.05) is 13.3 Å². The Morgan fingerprint density at radius 1 is 1.30 bits per heavy atom. The summed E-state index contributed by atoms with van der Waals surface area (Å²) in [6, 6.07) is 4.61. The van der Waals surface area contributed by atoms with Gasteiger partial charge in [0.2, 0.25) is 0 Å². The van der Waals surface area contributed by atoms with Crippen LogP contribution in [0.5, 0.6) is 0 Å². The average molecular weight is 295 g/mol. The van der Waals surface area contributed by atoms with Crippen LogP contribution < -0.4 is 5.32 Å². The smallest absolute Gasteiger partial charge is 0.0328 e. The Balaban J connectivity index is 1.78. The van der Waals surface area contributed by atoms with Gasteiger partial charge in [-0.2, -0.15) is 0 Å². The molecule has 0 amide bonds. The number of hydrogen-bond donors (Lipinski definition) is 1. The van der Waals surface area contributed by atoms with Crippen LogP contribution in [0.2, 0.25) is 0 Å². The maximum atomic E-state index is 3.57. The lowest BCUT2D eigenvalue weighted by Gasteiger charge is -2.19. The normalized spacial score (nSPS) is 20.7. The van der Waals surface area contributed by atoms with Crippen molar-refractivity contribution >= 4 is 11.3 Å². The van der Waals surface area contributed by atoms with Gasteiger partial charge in [-0.3, -0.25) is 4.90 Å². The SMILES string of the molecule is CCCC1CCN(Cc2ccc(CNC(C)(C)C)s2)C1. The van der Waals surface area contributed by atoms with Gasteiger partial charge in [-0.15, -0.1) is 11.3 Å². The first kappa shape index (κ1) is 16.0. The van der Waals surface area contributed by atoms with Crippen LogP contribution in [-0.2, 0) is 13.1 Å². The number of thiophene rings is 1. The highest BCUT2D eigenvalue weighted by molar-refractivity contribution is 7.11. The average Bonchev–Trinajstić information content (AvgIpc) is 2.97. The molecule has 0 aromatic carbocycles. The van der Waals surface area contributed by atoms with Crippen LogP contribution in [0.3, 0.4) is 0 Å². The van der Waals surface area contributed by atoms with Gasteiger partial charge in [0.25, 0.3) is 0 Å². The fourth-order valence-electron chi connectivity index (χ4n) is 2.88. The Morgan fingerprint density at radius 2 is 2.05 bits per heavy atom. The molecule has 0 saturated carbocycles. The van der Waals surface area contributed by atoms with Crippen molar-refractivity contribution in [1.82, 2.24) is 10.2 Å². The molecule has 1 fully saturated rings. The van der Waals surface area contributed by atoms with E-state index < -0.39 is 0 Å². The summed E-state index contributed by atoms with van der Waals surface area (Å²) in [5.41, 5.74) is 0.201. The molecule has 1 atom stereocenters. The van der Waals surface area contributed by atoms with Crippen molar-refractivity contribution in [3.05, 3.63) is 21.9 Å². The van der Waals surface area contributed by atoms with Crippen molar-refractivity contribution in [2.45, 2.75) is 65.6 Å². The highest BCUT2D eigenvalue weighted by Gasteiger charge is 2.21. The molecule has 0 radical (unpaired) electrons. The molecule has 0 spiro atoms. The Bertz CT molecular complexity index is 405. The van der Waals surface area contributed by atoms with Crippen molar-refractivity contribution < 1.29 is 0 Å². The molecule has 1 aromatic heterocycles. The van der Waals surface area contributed by atoms with E-state index >= 15 is 0 Å². The van der Waals surface area contributed by atoms with Crippen LogP contribution in [0.25, 0.3) is 0 Å². The van der Waals surface area contributed by atoms with Gasteiger partial charge < -0.3 is 5.32 Å². The first-order valence-electron chi connectivity index (χ1n) is 8.01. The highest BCUT2D eigenvalue weighted by Crippen LogP contribution is 2.25. The predicted octanol–water partition coefficient (Wildman–Crippen LogP) is 4.26. The van der Waals surface area contributed by atoms with Gasteiger partial charge in [-0.05, 0) is 58.2 Å². The van der Waals surface area contributed by atoms with Crippen LogP contribution >= 0.6 is 11.3 Å². The summed E-state index contributed by atoms with van der Waals surface area (Å²) >= 11 is 1.97. The van der Waals surface area contributed by atoms with E-state index in [1.165, 1.54) is 42.1 Å². The lowest BCUT2D eigenvalue weighted by molar-refractivity contribution is 0.315. The van der Waals surface area contributed by atoms with Crippen molar-refractivity contribution in [1.29, 1.82) is 0 Å². The molecule has 1 aliphatic rings. The first-order valence-corrected chi connectivity index (χ1v) is 8.83. The van der Waals surface area contributed by atoms with Crippen LogP contribution in [0.4, 0.5) is 0 Å². The minimum Gasteiger partial charge on any atom is -0.307 e. The lowest BCUT2D eigenvalue weighted by atomic mass is 10.0. The zero-order chi connectivity index (χ0) is 14.6. The Hall–Kier alpha value is -0.380. The molecule has 1 saturated heterocycles. The fraction of sp³-hybridized carbons (Fsp3) is 0.765. The molecule has 2 rings (SSSR count). The first-order chi connectivity index (χ1) is 9.46. The van der Waals surface area contributed by atoms with Crippen LogP contribution in [0.15, 0.2) is 12.1 Å². The van der Waals surface area contributed by atoms with E-state index in [2.05, 4.69) is 50.0 Å². The third kappa shape index (κ3) is 5.19. The van der Waals surface area contributed by atoms with Gasteiger partial charge in [0, 0.05) is 34.9 Å². The molecule has 0 aliphatic carbocycles. The summed E-state index contributed by atoms with van der Waals surface area (Å²) in [5.74, 6) is 0.946. The maximum absolute atomic E-state index is 3.57. The third-order valence-corrected chi connectivity index (χ3v) is 5.03. The monoisotopic (exact) mass is 294 g/mol. The summed E-state index contributed by atoms with van der Waals surface area (Å²) in [6.07, 6.45) is 4.14. The van der Waals surface area contributed by atoms with Crippen molar-refractivity contribution in [2.75, 3.05) is 13.1 Å². The lowest BCUT2D eigenvalue weighted by Crippen LogP contribution is -2.34. The number of rotatable bonds is 6. The Morgan fingerprint density at radius 3 is 2.75 bits per heavy atom. The molecule has 1 aromatic rings. The topological polar surface area (TPSA) is 15.3 Å². The molecule has 2 nitrogen and oxygen atoms in total. The molecule has 1 aliphatic heterocycles. The largest absolute Gasteiger partial charge is 0.307 e. The summed E-state index contributed by atoms with van der Waals surface area (Å²) in [6.45, 7) is 13.7. The van der Waals surface area contributed by atoms with Crippen LogP contribution in [0, 0.1) is 5.92 Å². The number of nitrogens with one attached hydrogen (secondary N) is 1. The second-order valence-corrected chi connectivity index (χ2v) is 8.40. The van der Waals surface area contributed by atoms with E-state index in [4.69, 9.17) is 0 Å². The Kier molecular flexibility index (Phi) is 5.65. The van der Waals surface area contributed by atoms with Crippen LogP contribution in [-0.4, -0.2) is 23.5 Å². The summed E-state index contributed by atoms with van der Waals surface area (Å²) in [5, 5.41) is 3.57. The third-order valence-electron chi connectivity index (χ3n) is 3.96. The van der Waals surface area contributed by atoms with Crippen LogP contribution in [0.1, 0.15) is 56.7 Å². The van der Waals surface area contributed by atoms with Gasteiger partial charge >= 0.3 is 0 Å². The predicted molar refractivity (Wildman–Crippen MR) is 89.2 cm³/mol. The van der Waals surface area contributed by atoms with Crippen molar-refractivity contribution in [3.63, 3.8) is 0 Å². The number of nitrogens with zero attached hydrogens (tertiary/aromatic N) is 1. The molecular weight excluding hydrogens is 264 g/mol. The quantitative estimate of drug-likeness (QED) is 0.843. The number of hydrogen-bond acceptors (Lipinski definition) is 3. The summed E-state index contributed by atoms with van der Waals surface area (Å²) in [4.78, 5) is 5.61. The summed E-state index contributed by atoms with van der Waals surface area (Å²) < 4.78 is 0. The number of likely N-dealkylation sites (tertiary alicyclic amines) is 1. The fourth-order valence-corrected chi connectivity index (χ4v) is 3.88. The molecule has 2 heterocycles. The molecule has 114 valence electrons. The highest BCUT2D eigenvalue weighted by atomic mass is 32.1. The van der Waals surface area contributed by atoms with E-state index in [-0.39, 0.29) is 5.54 Å². The molecule has 3 heteroatoms. The maximum Gasteiger partial charge on any atom is 0.0328 e. The zero-order valence-electron chi connectivity index (χ0n) is 13.5. The van der Waals surface area contributed by atoms with E-state index in [9.17, 15) is 0 Å². The van der Waals surface area contributed by atoms with E-state index in [1.54, 1.807) is 0 Å².